The van der Waals surface area contributed by atoms with E-state index in [9.17, 15) is 9.59 Å². The Morgan fingerprint density at radius 2 is 1.96 bits per heavy atom. The van der Waals surface area contributed by atoms with Crippen LogP contribution in [0.15, 0.2) is 24.3 Å². The van der Waals surface area contributed by atoms with Crippen LogP contribution in [0.5, 0.6) is 0 Å². The van der Waals surface area contributed by atoms with E-state index in [0.717, 1.165) is 38.4 Å². The highest BCUT2D eigenvalue weighted by Crippen LogP contribution is 2.07. The second-order valence-corrected chi connectivity index (χ2v) is 6.81. The summed E-state index contributed by atoms with van der Waals surface area (Å²) >= 11 is 0. The van der Waals surface area contributed by atoms with Crippen LogP contribution in [0, 0.1) is 12.8 Å². The first kappa shape index (κ1) is 19.4. The Hall–Kier alpha value is -1.92. The largest absolute Gasteiger partial charge is 0.379 e. The lowest BCUT2D eigenvalue weighted by Crippen LogP contribution is -2.51. The number of ether oxygens (including phenoxy) is 1. The second kappa shape index (κ2) is 9.53. The van der Waals surface area contributed by atoms with Gasteiger partial charge in [-0.15, -0.1) is 0 Å². The number of rotatable bonds is 7. The Labute approximate surface area is 149 Å². The molecule has 2 N–H and O–H groups in total. The molecule has 0 aliphatic carbocycles. The van der Waals surface area contributed by atoms with Crippen molar-refractivity contribution in [2.75, 3.05) is 39.4 Å². The molecule has 1 atom stereocenters. The molecule has 1 unspecified atom stereocenters. The summed E-state index contributed by atoms with van der Waals surface area (Å²) in [5, 5.41) is 5.81. The average Bonchev–Trinajstić information content (AvgIpc) is 2.60. The molecule has 0 saturated carbocycles. The monoisotopic (exact) mass is 347 g/mol. The molecule has 0 aromatic heterocycles. The van der Waals surface area contributed by atoms with Crippen LogP contribution in [0.2, 0.25) is 0 Å². The first-order valence-electron chi connectivity index (χ1n) is 8.92. The lowest BCUT2D eigenvalue weighted by atomic mass is 10.0. The highest BCUT2D eigenvalue weighted by molar-refractivity contribution is 5.97. The predicted molar refractivity (Wildman–Crippen MR) is 97.5 cm³/mol. The number of morpholine rings is 1. The third-order valence-corrected chi connectivity index (χ3v) is 4.35. The van der Waals surface area contributed by atoms with Crippen molar-refractivity contribution in [2.24, 2.45) is 5.92 Å². The van der Waals surface area contributed by atoms with Gasteiger partial charge in [-0.3, -0.25) is 14.5 Å². The summed E-state index contributed by atoms with van der Waals surface area (Å²) in [5.41, 5.74) is 1.59. The van der Waals surface area contributed by atoms with E-state index in [2.05, 4.69) is 15.5 Å². The van der Waals surface area contributed by atoms with Crippen molar-refractivity contribution in [2.45, 2.75) is 26.8 Å². The van der Waals surface area contributed by atoms with Gasteiger partial charge >= 0.3 is 0 Å². The Morgan fingerprint density at radius 1 is 1.24 bits per heavy atom. The molecule has 25 heavy (non-hydrogen) atoms. The molecular weight excluding hydrogens is 318 g/mol. The van der Waals surface area contributed by atoms with E-state index in [0.29, 0.717) is 12.1 Å². The standard InChI is InChI=1S/C19H29N3O3/c1-14(2)17(21-18(23)16-6-4-5-15(3)13-16)19(24)20-7-8-22-9-11-25-12-10-22/h4-6,13-14,17H,7-12H2,1-3H3,(H,20,24)(H,21,23). The van der Waals surface area contributed by atoms with Gasteiger partial charge in [-0.25, -0.2) is 0 Å². The zero-order valence-electron chi connectivity index (χ0n) is 15.4. The Bertz CT molecular complexity index is 583. The summed E-state index contributed by atoms with van der Waals surface area (Å²) in [4.78, 5) is 27.2. The van der Waals surface area contributed by atoms with E-state index in [1.807, 2.05) is 39.0 Å². The highest BCUT2D eigenvalue weighted by Gasteiger charge is 2.24. The number of carbonyl (C=O) groups excluding carboxylic acids is 2. The Kier molecular flexibility index (Phi) is 7.40. The predicted octanol–water partition coefficient (Wildman–Crippen LogP) is 1.20. The molecule has 1 heterocycles. The number of hydrogen-bond donors (Lipinski definition) is 2. The molecule has 1 aromatic rings. The van der Waals surface area contributed by atoms with Crippen molar-refractivity contribution >= 4 is 11.8 Å². The van der Waals surface area contributed by atoms with Crippen LogP contribution in [0.4, 0.5) is 0 Å². The van der Waals surface area contributed by atoms with Crippen molar-refractivity contribution < 1.29 is 14.3 Å². The number of hydrogen-bond acceptors (Lipinski definition) is 4. The van der Waals surface area contributed by atoms with Crippen molar-refractivity contribution in [3.05, 3.63) is 35.4 Å². The molecule has 0 spiro atoms. The fourth-order valence-corrected chi connectivity index (χ4v) is 2.82. The first-order valence-corrected chi connectivity index (χ1v) is 8.92. The average molecular weight is 347 g/mol. The molecule has 0 bridgehead atoms. The zero-order valence-corrected chi connectivity index (χ0v) is 15.4. The molecule has 6 nitrogen and oxygen atoms in total. The van der Waals surface area contributed by atoms with Gasteiger partial charge in [0, 0.05) is 31.7 Å². The summed E-state index contributed by atoms with van der Waals surface area (Å²) in [6, 6.07) is 6.82. The van der Waals surface area contributed by atoms with Crippen molar-refractivity contribution in [1.82, 2.24) is 15.5 Å². The summed E-state index contributed by atoms with van der Waals surface area (Å²) in [6.07, 6.45) is 0. The highest BCUT2D eigenvalue weighted by atomic mass is 16.5. The molecule has 1 fully saturated rings. The minimum absolute atomic E-state index is 0.0112. The smallest absolute Gasteiger partial charge is 0.251 e. The fourth-order valence-electron chi connectivity index (χ4n) is 2.82. The SMILES string of the molecule is Cc1cccc(C(=O)NC(C(=O)NCCN2CCOCC2)C(C)C)c1. The van der Waals surface area contributed by atoms with Crippen molar-refractivity contribution in [3.8, 4) is 0 Å². The van der Waals surface area contributed by atoms with Gasteiger partial charge in [0.05, 0.1) is 13.2 Å². The van der Waals surface area contributed by atoms with Crippen LogP contribution in [-0.2, 0) is 9.53 Å². The van der Waals surface area contributed by atoms with E-state index in [1.165, 1.54) is 0 Å². The van der Waals surface area contributed by atoms with Gasteiger partial charge in [-0.05, 0) is 25.0 Å². The Balaban J connectivity index is 1.85. The summed E-state index contributed by atoms with van der Waals surface area (Å²) in [5.74, 6) is -0.341. The molecule has 1 aromatic carbocycles. The molecule has 1 aliphatic rings. The van der Waals surface area contributed by atoms with Crippen LogP contribution in [0.25, 0.3) is 0 Å². The van der Waals surface area contributed by atoms with Gasteiger partial charge in [-0.2, -0.15) is 0 Å². The number of amides is 2. The van der Waals surface area contributed by atoms with Gasteiger partial charge in [-0.1, -0.05) is 31.5 Å². The zero-order chi connectivity index (χ0) is 18.2. The fraction of sp³-hybridized carbons (Fsp3) is 0.579. The minimum Gasteiger partial charge on any atom is -0.379 e. The molecule has 138 valence electrons. The van der Waals surface area contributed by atoms with Gasteiger partial charge in [0.2, 0.25) is 5.91 Å². The van der Waals surface area contributed by atoms with Crippen LogP contribution >= 0.6 is 0 Å². The van der Waals surface area contributed by atoms with Crippen LogP contribution in [0.1, 0.15) is 29.8 Å². The second-order valence-electron chi connectivity index (χ2n) is 6.81. The summed E-state index contributed by atoms with van der Waals surface area (Å²) in [6.45, 7) is 10.5. The van der Waals surface area contributed by atoms with Crippen molar-refractivity contribution in [3.63, 3.8) is 0 Å². The Morgan fingerprint density at radius 3 is 2.60 bits per heavy atom. The quantitative estimate of drug-likeness (QED) is 0.777. The van der Waals surface area contributed by atoms with Crippen LogP contribution in [0.3, 0.4) is 0 Å². The van der Waals surface area contributed by atoms with E-state index in [-0.39, 0.29) is 17.7 Å². The van der Waals surface area contributed by atoms with Gasteiger partial charge in [0.1, 0.15) is 6.04 Å². The maximum absolute atomic E-state index is 12.5. The maximum atomic E-state index is 12.5. The lowest BCUT2D eigenvalue weighted by Gasteiger charge is -2.27. The van der Waals surface area contributed by atoms with E-state index in [4.69, 9.17) is 4.74 Å². The third-order valence-electron chi connectivity index (χ3n) is 4.35. The van der Waals surface area contributed by atoms with Gasteiger partial charge in [0.15, 0.2) is 0 Å². The third kappa shape index (κ3) is 6.14. The number of aryl methyl sites for hydroxylation is 1. The summed E-state index contributed by atoms with van der Waals surface area (Å²) in [7, 11) is 0. The number of nitrogens with one attached hydrogen (secondary N) is 2. The first-order chi connectivity index (χ1) is 12.0. The number of benzene rings is 1. The lowest BCUT2D eigenvalue weighted by molar-refractivity contribution is -0.124. The molecule has 1 aliphatic heterocycles. The van der Waals surface area contributed by atoms with Gasteiger partial charge in [0.25, 0.3) is 5.91 Å². The van der Waals surface area contributed by atoms with Gasteiger partial charge < -0.3 is 15.4 Å². The molecule has 2 rings (SSSR count). The van der Waals surface area contributed by atoms with E-state index in [1.54, 1.807) is 6.07 Å². The van der Waals surface area contributed by atoms with Crippen LogP contribution < -0.4 is 10.6 Å². The van der Waals surface area contributed by atoms with E-state index < -0.39 is 6.04 Å². The minimum atomic E-state index is -0.544. The molecule has 2 amide bonds. The number of carbonyl (C=O) groups is 2. The van der Waals surface area contributed by atoms with Crippen LogP contribution in [-0.4, -0.2) is 62.1 Å². The molecular formula is C19H29N3O3. The normalized spacial score (nSPS) is 16.5. The molecule has 1 saturated heterocycles. The topological polar surface area (TPSA) is 70.7 Å². The van der Waals surface area contributed by atoms with Crippen molar-refractivity contribution in [1.29, 1.82) is 0 Å². The number of nitrogens with zero attached hydrogens (tertiary/aromatic N) is 1. The summed E-state index contributed by atoms with van der Waals surface area (Å²) < 4.78 is 5.31. The maximum Gasteiger partial charge on any atom is 0.251 e. The van der Waals surface area contributed by atoms with E-state index >= 15 is 0 Å². The molecule has 6 heteroatoms. The molecule has 0 radical (unpaired) electrons.